The minimum atomic E-state index is -3.88. The van der Waals surface area contributed by atoms with Crippen molar-refractivity contribution in [3.63, 3.8) is 0 Å². The fraction of sp³-hybridized carbons (Fsp3) is 0.458. The van der Waals surface area contributed by atoms with Gasteiger partial charge in [-0.25, -0.2) is 13.1 Å². The molecule has 33 heavy (non-hydrogen) atoms. The average Bonchev–Trinajstić information content (AvgIpc) is 3.51. The van der Waals surface area contributed by atoms with E-state index < -0.39 is 10.0 Å². The number of carbonyl (C=O) groups is 1. The predicted molar refractivity (Wildman–Crippen MR) is 126 cm³/mol. The first-order chi connectivity index (χ1) is 15.9. The van der Waals surface area contributed by atoms with Crippen LogP contribution >= 0.6 is 11.6 Å². The predicted octanol–water partition coefficient (Wildman–Crippen LogP) is 4.17. The Morgan fingerprint density at radius 3 is 2.67 bits per heavy atom. The van der Waals surface area contributed by atoms with Gasteiger partial charge in [-0.2, -0.15) is 0 Å². The number of nitrogens with zero attached hydrogens (tertiary/aromatic N) is 1. The van der Waals surface area contributed by atoms with Gasteiger partial charge in [-0.15, -0.1) is 0 Å². The van der Waals surface area contributed by atoms with E-state index in [1.54, 1.807) is 11.0 Å². The molecular formula is C24H29ClN2O5S. The summed E-state index contributed by atoms with van der Waals surface area (Å²) in [6.07, 6.45) is 3.33. The molecule has 2 aromatic carbocycles. The Morgan fingerprint density at radius 1 is 1.18 bits per heavy atom. The van der Waals surface area contributed by atoms with Crippen molar-refractivity contribution in [1.29, 1.82) is 0 Å². The summed E-state index contributed by atoms with van der Waals surface area (Å²) in [7, 11) is -3.88. The Kier molecular flexibility index (Phi) is 7.58. The van der Waals surface area contributed by atoms with Crippen LogP contribution in [-0.4, -0.2) is 51.6 Å². The van der Waals surface area contributed by atoms with Crippen LogP contribution in [0.2, 0.25) is 5.02 Å². The summed E-state index contributed by atoms with van der Waals surface area (Å²) in [6, 6.07) is 12.1. The topological polar surface area (TPSA) is 84.9 Å². The number of nitrogens with one attached hydrogen (secondary N) is 1. The highest BCUT2D eigenvalue weighted by Gasteiger charge is 2.32. The standard InChI is InChI=1S/C24H29ClN2O5S/c1-2-31-19-10-7-17(8-11-19)22-6-3-13-27(22)24(28)18-9-12-21(25)23(15-18)33(29,30)26-16-20-5-4-14-32-20/h7-12,15,20,22,26H,2-6,13-14,16H2,1H3. The van der Waals surface area contributed by atoms with Crippen LogP contribution in [0.15, 0.2) is 47.4 Å². The zero-order valence-corrected chi connectivity index (χ0v) is 20.2. The second-order valence-corrected chi connectivity index (χ2v) is 10.4. The molecule has 2 atom stereocenters. The molecule has 0 spiro atoms. The monoisotopic (exact) mass is 492 g/mol. The van der Waals surface area contributed by atoms with Crippen LogP contribution in [0.25, 0.3) is 0 Å². The number of ether oxygens (including phenoxy) is 2. The second kappa shape index (κ2) is 10.4. The van der Waals surface area contributed by atoms with E-state index in [1.165, 1.54) is 12.1 Å². The first kappa shape index (κ1) is 24.0. The Morgan fingerprint density at radius 2 is 1.97 bits per heavy atom. The fourth-order valence-electron chi connectivity index (χ4n) is 4.40. The van der Waals surface area contributed by atoms with Crippen LogP contribution < -0.4 is 9.46 Å². The van der Waals surface area contributed by atoms with Crippen molar-refractivity contribution < 1.29 is 22.7 Å². The van der Waals surface area contributed by atoms with E-state index in [0.29, 0.717) is 25.3 Å². The molecular weight excluding hydrogens is 464 g/mol. The molecule has 2 unspecified atom stereocenters. The van der Waals surface area contributed by atoms with Crippen molar-refractivity contribution >= 4 is 27.5 Å². The van der Waals surface area contributed by atoms with Gasteiger partial charge < -0.3 is 14.4 Å². The summed E-state index contributed by atoms with van der Waals surface area (Å²) >= 11 is 6.22. The van der Waals surface area contributed by atoms with E-state index in [2.05, 4.69) is 4.72 Å². The number of hydrogen-bond donors (Lipinski definition) is 1. The van der Waals surface area contributed by atoms with Crippen molar-refractivity contribution in [3.8, 4) is 5.75 Å². The number of amides is 1. The quantitative estimate of drug-likeness (QED) is 0.597. The van der Waals surface area contributed by atoms with Gasteiger partial charge in [-0.1, -0.05) is 23.7 Å². The molecule has 0 bridgehead atoms. The van der Waals surface area contributed by atoms with Gasteiger partial charge in [0.25, 0.3) is 5.91 Å². The van der Waals surface area contributed by atoms with Gasteiger partial charge in [0.1, 0.15) is 10.6 Å². The maximum absolute atomic E-state index is 13.4. The zero-order valence-electron chi connectivity index (χ0n) is 18.6. The molecule has 0 aromatic heterocycles. The maximum atomic E-state index is 13.4. The molecule has 178 valence electrons. The normalized spacial score (nSPS) is 20.8. The molecule has 0 saturated carbocycles. The third kappa shape index (κ3) is 5.51. The highest BCUT2D eigenvalue weighted by molar-refractivity contribution is 7.89. The number of benzene rings is 2. The highest BCUT2D eigenvalue weighted by Crippen LogP contribution is 2.34. The first-order valence-electron chi connectivity index (χ1n) is 11.3. The molecule has 2 saturated heterocycles. The molecule has 2 aliphatic heterocycles. The molecule has 1 N–H and O–H groups in total. The van der Waals surface area contributed by atoms with Crippen molar-refractivity contribution in [2.75, 3.05) is 26.3 Å². The average molecular weight is 493 g/mol. The lowest BCUT2D eigenvalue weighted by Crippen LogP contribution is -2.33. The van der Waals surface area contributed by atoms with Gasteiger partial charge in [0.05, 0.1) is 23.8 Å². The van der Waals surface area contributed by atoms with E-state index in [1.807, 2.05) is 31.2 Å². The third-order valence-electron chi connectivity index (χ3n) is 6.08. The molecule has 2 fully saturated rings. The Hall–Kier alpha value is -2.13. The Labute approximate surface area is 200 Å². The van der Waals surface area contributed by atoms with Gasteiger partial charge in [0.15, 0.2) is 0 Å². The lowest BCUT2D eigenvalue weighted by atomic mass is 10.0. The molecule has 2 aliphatic rings. The van der Waals surface area contributed by atoms with E-state index in [4.69, 9.17) is 21.1 Å². The van der Waals surface area contributed by atoms with Gasteiger partial charge in [-0.05, 0) is 68.5 Å². The maximum Gasteiger partial charge on any atom is 0.254 e. The van der Waals surface area contributed by atoms with Crippen molar-refractivity contribution in [3.05, 3.63) is 58.6 Å². The van der Waals surface area contributed by atoms with Gasteiger partial charge in [-0.3, -0.25) is 4.79 Å². The molecule has 2 aromatic rings. The summed E-state index contributed by atoms with van der Waals surface area (Å²) in [5.74, 6) is 0.582. The number of hydrogen-bond acceptors (Lipinski definition) is 5. The van der Waals surface area contributed by atoms with Gasteiger partial charge >= 0.3 is 0 Å². The largest absolute Gasteiger partial charge is 0.494 e. The van der Waals surface area contributed by atoms with Crippen LogP contribution in [0.4, 0.5) is 0 Å². The number of rotatable bonds is 8. The Balaban J connectivity index is 1.52. The summed E-state index contributed by atoms with van der Waals surface area (Å²) in [5.41, 5.74) is 1.33. The Bertz CT molecular complexity index is 1080. The number of sulfonamides is 1. The molecule has 2 heterocycles. The van der Waals surface area contributed by atoms with Crippen molar-refractivity contribution in [2.45, 2.75) is 49.6 Å². The zero-order chi connectivity index (χ0) is 23.4. The molecule has 0 radical (unpaired) electrons. The number of halogens is 1. The smallest absolute Gasteiger partial charge is 0.254 e. The van der Waals surface area contributed by atoms with Crippen LogP contribution in [0.3, 0.4) is 0 Å². The minimum Gasteiger partial charge on any atom is -0.494 e. The van der Waals surface area contributed by atoms with E-state index >= 15 is 0 Å². The number of likely N-dealkylation sites (tertiary alicyclic amines) is 1. The second-order valence-electron chi connectivity index (χ2n) is 8.29. The van der Waals surface area contributed by atoms with Crippen molar-refractivity contribution in [1.82, 2.24) is 9.62 Å². The SMILES string of the molecule is CCOc1ccc(C2CCCN2C(=O)c2ccc(Cl)c(S(=O)(=O)NCC3CCCO3)c2)cc1. The van der Waals surface area contributed by atoms with Crippen molar-refractivity contribution in [2.24, 2.45) is 0 Å². The number of carbonyl (C=O) groups excluding carboxylic acids is 1. The lowest BCUT2D eigenvalue weighted by molar-refractivity contribution is 0.0735. The van der Waals surface area contributed by atoms with Gasteiger partial charge in [0.2, 0.25) is 10.0 Å². The summed E-state index contributed by atoms with van der Waals surface area (Å²) < 4.78 is 39.3. The molecule has 1 amide bonds. The van der Waals surface area contributed by atoms with Crippen LogP contribution in [-0.2, 0) is 14.8 Å². The van der Waals surface area contributed by atoms with E-state index in [-0.39, 0.29) is 34.5 Å². The molecule has 4 rings (SSSR count). The summed E-state index contributed by atoms with van der Waals surface area (Å²) in [4.78, 5) is 15.1. The molecule has 0 aliphatic carbocycles. The molecule has 9 heteroatoms. The van der Waals surface area contributed by atoms with E-state index in [0.717, 1.165) is 37.0 Å². The van der Waals surface area contributed by atoms with E-state index in [9.17, 15) is 13.2 Å². The summed E-state index contributed by atoms with van der Waals surface area (Å²) in [5, 5.41) is 0.0795. The van der Waals surface area contributed by atoms with Crippen LogP contribution in [0.1, 0.15) is 54.6 Å². The fourth-order valence-corrected chi connectivity index (χ4v) is 5.99. The van der Waals surface area contributed by atoms with Gasteiger partial charge in [0, 0.05) is 25.3 Å². The molecule has 7 nitrogen and oxygen atoms in total. The summed E-state index contributed by atoms with van der Waals surface area (Å²) in [6.45, 7) is 3.96. The first-order valence-corrected chi connectivity index (χ1v) is 13.2. The highest BCUT2D eigenvalue weighted by atomic mass is 35.5. The lowest BCUT2D eigenvalue weighted by Gasteiger charge is -2.25. The van der Waals surface area contributed by atoms with Crippen LogP contribution in [0, 0.1) is 0 Å². The minimum absolute atomic E-state index is 0.0680. The third-order valence-corrected chi connectivity index (χ3v) is 7.99. The van der Waals surface area contributed by atoms with Crippen LogP contribution in [0.5, 0.6) is 5.75 Å².